The molecule has 8 nitrogen and oxygen atoms in total. The molecular weight excluding hydrogens is 456 g/mol. The number of hydrogen-bond donors (Lipinski definition) is 3. The lowest BCUT2D eigenvalue weighted by molar-refractivity contribution is -0.142. The van der Waals surface area contributed by atoms with Gasteiger partial charge in [-0.1, -0.05) is 60.7 Å². The molecule has 182 valence electrons. The van der Waals surface area contributed by atoms with E-state index in [1.165, 1.54) is 0 Å². The third-order valence-corrected chi connectivity index (χ3v) is 5.66. The van der Waals surface area contributed by atoms with E-state index in [9.17, 15) is 24.3 Å². The first-order valence-corrected chi connectivity index (χ1v) is 12.5. The fourth-order valence-corrected chi connectivity index (χ4v) is 3.73. The van der Waals surface area contributed by atoms with Crippen LogP contribution >= 0.6 is 0 Å². The zero-order valence-corrected chi connectivity index (χ0v) is 20.0. The number of allylic oxidation sites excluding steroid dienone is 5. The number of thiol groups is 1. The Hall–Kier alpha value is -3.33. The minimum absolute atomic E-state index is 0.0207. The summed E-state index contributed by atoms with van der Waals surface area (Å²) >= 11 is 0.904. The number of carboxylic acid groups (broad SMARTS) is 1. The molecule has 2 unspecified atom stereocenters. The Bertz CT molecular complexity index is 942. The molecular formula is C25H31N2O6S+. The van der Waals surface area contributed by atoms with E-state index < -0.39 is 30.1 Å². The first-order valence-electron chi connectivity index (χ1n) is 11.0. The SMILES string of the molecule is C[SH+]CC(=O)CCC(NC(=O)C(CC1=CCC=CC=C1)NC(=O)OCc1ccccc1)C(=O)O. The molecule has 0 heterocycles. The average Bonchev–Trinajstić information content (AvgIpc) is 3.09. The van der Waals surface area contributed by atoms with E-state index in [1.807, 2.05) is 67.0 Å². The Morgan fingerprint density at radius 3 is 2.56 bits per heavy atom. The molecule has 1 aliphatic carbocycles. The van der Waals surface area contributed by atoms with E-state index in [2.05, 4.69) is 10.6 Å². The van der Waals surface area contributed by atoms with E-state index in [0.29, 0.717) is 12.2 Å². The molecule has 1 aromatic carbocycles. The van der Waals surface area contributed by atoms with Crippen LogP contribution in [0.5, 0.6) is 0 Å². The van der Waals surface area contributed by atoms with Crippen LogP contribution in [-0.4, -0.2) is 53.0 Å². The van der Waals surface area contributed by atoms with Crippen molar-refractivity contribution in [2.75, 3.05) is 12.0 Å². The molecule has 3 N–H and O–H groups in total. The van der Waals surface area contributed by atoms with E-state index in [0.717, 1.165) is 22.9 Å². The number of hydrogen-bond acceptors (Lipinski definition) is 5. The highest BCUT2D eigenvalue weighted by Crippen LogP contribution is 2.13. The molecule has 0 spiro atoms. The second-order valence-corrected chi connectivity index (χ2v) is 8.66. The van der Waals surface area contributed by atoms with Gasteiger partial charge < -0.3 is 20.5 Å². The molecule has 2 rings (SSSR count). The summed E-state index contributed by atoms with van der Waals surface area (Å²) < 4.78 is 5.24. The van der Waals surface area contributed by atoms with Crippen molar-refractivity contribution in [2.24, 2.45) is 0 Å². The highest BCUT2D eigenvalue weighted by atomic mass is 32.2. The van der Waals surface area contributed by atoms with Crippen molar-refractivity contribution in [3.05, 3.63) is 71.8 Å². The van der Waals surface area contributed by atoms with Gasteiger partial charge >= 0.3 is 12.1 Å². The zero-order valence-electron chi connectivity index (χ0n) is 19.1. The first-order chi connectivity index (χ1) is 16.4. The van der Waals surface area contributed by atoms with Crippen LogP contribution in [0.25, 0.3) is 0 Å². The molecule has 0 radical (unpaired) electrons. The summed E-state index contributed by atoms with van der Waals surface area (Å²) in [6.07, 6.45) is 11.3. The topological polar surface area (TPSA) is 122 Å². The Morgan fingerprint density at radius 1 is 1.09 bits per heavy atom. The number of carbonyl (C=O) groups is 4. The molecule has 2 atom stereocenters. The van der Waals surface area contributed by atoms with Crippen LogP contribution in [-0.2, 0) is 37.5 Å². The summed E-state index contributed by atoms with van der Waals surface area (Å²) in [5.74, 6) is -1.62. The minimum Gasteiger partial charge on any atom is -0.480 e. The standard InChI is InChI=1S/C25H30N2O6S/c1-34-17-20(28)13-14-21(24(30)31)26-23(29)22(15-18-9-5-2-3-6-10-18)27-25(32)33-16-19-11-7-4-8-12-19/h2-5,7-12,21-22H,6,13-17H2,1H3,(H,26,29)(H,27,32)(H,30,31)/p+1. The number of carboxylic acids is 1. The Balaban J connectivity index is 2.05. The van der Waals surface area contributed by atoms with Crippen molar-refractivity contribution in [3.63, 3.8) is 0 Å². The molecule has 0 aliphatic heterocycles. The van der Waals surface area contributed by atoms with Crippen molar-refractivity contribution in [1.29, 1.82) is 0 Å². The zero-order chi connectivity index (χ0) is 24.8. The van der Waals surface area contributed by atoms with Gasteiger partial charge in [-0.25, -0.2) is 9.59 Å². The lowest BCUT2D eigenvalue weighted by Crippen LogP contribution is -2.51. The van der Waals surface area contributed by atoms with Crippen LogP contribution in [0, 0.1) is 0 Å². The third kappa shape index (κ3) is 10.1. The molecule has 0 saturated carbocycles. The lowest BCUT2D eigenvalue weighted by Gasteiger charge is -2.21. The molecule has 2 amide bonds. The van der Waals surface area contributed by atoms with Crippen molar-refractivity contribution in [1.82, 2.24) is 10.6 Å². The molecule has 9 heteroatoms. The van der Waals surface area contributed by atoms with Gasteiger partial charge in [0.05, 0.1) is 6.26 Å². The monoisotopic (exact) mass is 487 g/mol. The van der Waals surface area contributed by atoms with Gasteiger partial charge in [-0.3, -0.25) is 9.59 Å². The van der Waals surface area contributed by atoms with Gasteiger partial charge in [0.2, 0.25) is 5.91 Å². The highest BCUT2D eigenvalue weighted by Gasteiger charge is 2.28. The number of alkyl carbamates (subject to hydrolysis) is 1. The average molecular weight is 488 g/mol. The quantitative estimate of drug-likeness (QED) is 0.290. The van der Waals surface area contributed by atoms with Gasteiger partial charge in [-0.05, 0) is 35.7 Å². The van der Waals surface area contributed by atoms with E-state index in [-0.39, 0.29) is 31.7 Å². The Morgan fingerprint density at radius 2 is 1.85 bits per heavy atom. The number of Topliss-reactive ketones (excluding diaryl/α,β-unsaturated/α-hetero) is 1. The number of ether oxygens (including phenoxy) is 1. The molecule has 0 aromatic heterocycles. The summed E-state index contributed by atoms with van der Waals surface area (Å²) in [7, 11) is 0. The molecule has 0 bridgehead atoms. The van der Waals surface area contributed by atoms with Crippen molar-refractivity contribution in [2.45, 2.75) is 44.4 Å². The van der Waals surface area contributed by atoms with Crippen molar-refractivity contribution >= 4 is 35.5 Å². The Labute approximate surface area is 203 Å². The second-order valence-electron chi connectivity index (χ2n) is 7.72. The third-order valence-electron chi connectivity index (χ3n) is 5.00. The van der Waals surface area contributed by atoms with Crippen molar-refractivity contribution in [3.8, 4) is 0 Å². The number of rotatable bonds is 13. The highest BCUT2D eigenvalue weighted by molar-refractivity contribution is 7.78. The molecule has 1 aliphatic rings. The maximum atomic E-state index is 13.0. The second kappa shape index (κ2) is 14.7. The van der Waals surface area contributed by atoms with Gasteiger partial charge in [0, 0.05) is 12.8 Å². The van der Waals surface area contributed by atoms with Crippen LogP contribution in [0.4, 0.5) is 4.79 Å². The smallest absolute Gasteiger partial charge is 0.408 e. The number of benzene rings is 1. The normalized spacial score (nSPS) is 14.3. The number of nitrogens with one attached hydrogen (secondary N) is 2. The van der Waals surface area contributed by atoms with Gasteiger partial charge in [0.15, 0.2) is 11.5 Å². The van der Waals surface area contributed by atoms with E-state index >= 15 is 0 Å². The largest absolute Gasteiger partial charge is 0.480 e. The van der Waals surface area contributed by atoms with Crippen molar-refractivity contribution < 1.29 is 29.0 Å². The van der Waals surface area contributed by atoms with Gasteiger partial charge in [-0.15, -0.1) is 0 Å². The summed E-state index contributed by atoms with van der Waals surface area (Å²) in [6.45, 7) is 0.0319. The van der Waals surface area contributed by atoms with Gasteiger partial charge in [0.25, 0.3) is 0 Å². The number of carbonyl (C=O) groups excluding carboxylic acids is 3. The number of aliphatic carboxylic acids is 1. The predicted molar refractivity (Wildman–Crippen MR) is 133 cm³/mol. The summed E-state index contributed by atoms with van der Waals surface area (Å²) in [5.41, 5.74) is 1.61. The minimum atomic E-state index is -1.24. The number of amides is 2. The maximum Gasteiger partial charge on any atom is 0.408 e. The molecule has 1 aromatic rings. The summed E-state index contributed by atoms with van der Waals surface area (Å²) in [5, 5.41) is 14.5. The molecule has 0 saturated heterocycles. The van der Waals surface area contributed by atoms with E-state index in [1.54, 1.807) is 0 Å². The lowest BCUT2D eigenvalue weighted by atomic mass is 10.0. The first kappa shape index (κ1) is 26.9. The maximum absolute atomic E-state index is 13.0. The number of ketones is 1. The summed E-state index contributed by atoms with van der Waals surface area (Å²) in [6, 6.07) is 6.82. The molecule has 0 fully saturated rings. The predicted octanol–water partition coefficient (Wildman–Crippen LogP) is 2.48. The van der Waals surface area contributed by atoms with Gasteiger partial charge in [0.1, 0.15) is 18.7 Å². The van der Waals surface area contributed by atoms with Crippen LogP contribution in [0.2, 0.25) is 0 Å². The summed E-state index contributed by atoms with van der Waals surface area (Å²) in [4.78, 5) is 48.9. The van der Waals surface area contributed by atoms with Crippen LogP contribution in [0.15, 0.2) is 66.3 Å². The van der Waals surface area contributed by atoms with Gasteiger partial charge in [-0.2, -0.15) is 0 Å². The van der Waals surface area contributed by atoms with Crippen LogP contribution in [0.1, 0.15) is 31.2 Å². The van der Waals surface area contributed by atoms with E-state index in [4.69, 9.17) is 4.74 Å². The molecule has 34 heavy (non-hydrogen) atoms. The fourth-order valence-electron chi connectivity index (χ4n) is 3.22. The van der Waals surface area contributed by atoms with Crippen LogP contribution < -0.4 is 10.6 Å². The van der Waals surface area contributed by atoms with Crippen LogP contribution in [0.3, 0.4) is 0 Å². The fraction of sp³-hybridized carbons (Fsp3) is 0.360. The Kier molecular flexibility index (Phi) is 11.7.